The van der Waals surface area contributed by atoms with E-state index in [2.05, 4.69) is 21.9 Å². The molecule has 3 rings (SSSR count). The van der Waals surface area contributed by atoms with Crippen LogP contribution in [0.2, 0.25) is 0 Å². The number of hydrogen-bond donors (Lipinski definition) is 1. The molecule has 90 valence electrons. The van der Waals surface area contributed by atoms with E-state index in [-0.39, 0.29) is 5.54 Å². The normalized spacial score (nSPS) is 18.0. The summed E-state index contributed by atoms with van der Waals surface area (Å²) >= 11 is 0. The van der Waals surface area contributed by atoms with E-state index in [1.54, 1.807) is 7.11 Å². The van der Waals surface area contributed by atoms with Crippen LogP contribution in [0.4, 0.5) is 5.95 Å². The van der Waals surface area contributed by atoms with Crippen LogP contribution in [0.5, 0.6) is 5.88 Å². The number of anilines is 1. The Bertz CT molecular complexity index is 572. The Labute approximate surface area is 98.8 Å². The molecule has 6 nitrogen and oxygen atoms in total. The minimum Gasteiger partial charge on any atom is -0.479 e. The molecule has 1 aliphatic rings. The molecule has 0 aliphatic heterocycles. The highest BCUT2D eigenvalue weighted by Crippen LogP contribution is 2.42. The van der Waals surface area contributed by atoms with E-state index in [1.165, 1.54) is 12.7 Å². The Morgan fingerprint density at radius 2 is 2.18 bits per heavy atom. The molecule has 6 heteroatoms. The maximum atomic E-state index is 6.00. The van der Waals surface area contributed by atoms with E-state index < -0.39 is 0 Å². The maximum Gasteiger partial charge on any atom is 0.245 e. The summed E-state index contributed by atoms with van der Waals surface area (Å²) in [5.41, 5.74) is 7.44. The van der Waals surface area contributed by atoms with Crippen LogP contribution >= 0.6 is 0 Å². The Hall–Kier alpha value is -1.85. The second-order valence-electron chi connectivity index (χ2n) is 4.71. The summed E-state index contributed by atoms with van der Waals surface area (Å²) in [7, 11) is 1.57. The number of fused-ring (bicyclic) bond motifs is 1. The van der Waals surface area contributed by atoms with Crippen molar-refractivity contribution in [3.8, 4) is 5.88 Å². The average Bonchev–Trinajstić information content (AvgIpc) is 2.62. The van der Waals surface area contributed by atoms with E-state index in [0.29, 0.717) is 17.3 Å². The predicted octanol–water partition coefficient (Wildman–Crippen LogP) is 1.32. The van der Waals surface area contributed by atoms with Crippen LogP contribution in [0.15, 0.2) is 6.33 Å². The van der Waals surface area contributed by atoms with Gasteiger partial charge in [0.05, 0.1) is 7.11 Å². The van der Waals surface area contributed by atoms with Gasteiger partial charge < -0.3 is 10.5 Å². The van der Waals surface area contributed by atoms with Gasteiger partial charge in [-0.2, -0.15) is 4.98 Å². The molecule has 0 bridgehead atoms. The fraction of sp³-hybridized carbons (Fsp3) is 0.545. The van der Waals surface area contributed by atoms with Gasteiger partial charge in [0, 0.05) is 5.54 Å². The van der Waals surface area contributed by atoms with Gasteiger partial charge in [-0.15, -0.1) is 0 Å². The lowest BCUT2D eigenvalue weighted by Crippen LogP contribution is -2.38. The Morgan fingerprint density at radius 3 is 2.76 bits per heavy atom. The minimum absolute atomic E-state index is 0.0399. The standard InChI is InChI=1S/C11H15N5O/c1-11(4-3-5-11)16-8-7(15-10(16)12)9(17-2)14-6-13-8/h6H,3-5H2,1-2H3,(H2,12,15). The molecule has 0 saturated heterocycles. The van der Waals surface area contributed by atoms with Crippen molar-refractivity contribution < 1.29 is 4.74 Å². The van der Waals surface area contributed by atoms with Crippen molar-refractivity contribution in [2.24, 2.45) is 0 Å². The number of nitrogen functional groups attached to an aromatic ring is 1. The van der Waals surface area contributed by atoms with Crippen molar-refractivity contribution in [1.29, 1.82) is 0 Å². The van der Waals surface area contributed by atoms with Crippen molar-refractivity contribution in [2.45, 2.75) is 31.7 Å². The molecule has 0 amide bonds. The summed E-state index contributed by atoms with van der Waals surface area (Å²) < 4.78 is 7.19. The van der Waals surface area contributed by atoms with Crippen LogP contribution in [0, 0.1) is 0 Å². The van der Waals surface area contributed by atoms with Gasteiger partial charge in [0.15, 0.2) is 11.2 Å². The molecule has 1 fully saturated rings. The third-order valence-corrected chi connectivity index (χ3v) is 3.60. The van der Waals surface area contributed by atoms with Crippen LogP contribution < -0.4 is 10.5 Å². The number of ether oxygens (including phenoxy) is 1. The zero-order chi connectivity index (χ0) is 12.0. The van der Waals surface area contributed by atoms with Gasteiger partial charge in [-0.25, -0.2) is 9.97 Å². The van der Waals surface area contributed by atoms with Crippen molar-refractivity contribution in [3.63, 3.8) is 0 Å². The Balaban J connectivity index is 2.28. The molecule has 2 aromatic heterocycles. The number of hydrogen-bond acceptors (Lipinski definition) is 5. The molecule has 2 N–H and O–H groups in total. The second kappa shape index (κ2) is 3.32. The minimum atomic E-state index is 0.0399. The summed E-state index contributed by atoms with van der Waals surface area (Å²) in [6.07, 6.45) is 4.92. The molecule has 0 atom stereocenters. The summed E-state index contributed by atoms with van der Waals surface area (Å²) in [6, 6.07) is 0. The monoisotopic (exact) mass is 233 g/mol. The van der Waals surface area contributed by atoms with Gasteiger partial charge >= 0.3 is 0 Å². The molecule has 0 spiro atoms. The first kappa shape index (κ1) is 10.3. The molecular weight excluding hydrogens is 218 g/mol. The van der Waals surface area contributed by atoms with E-state index in [1.807, 2.05) is 4.57 Å². The molecule has 0 radical (unpaired) electrons. The third kappa shape index (κ3) is 1.30. The predicted molar refractivity (Wildman–Crippen MR) is 63.8 cm³/mol. The molecule has 1 aliphatic carbocycles. The number of imidazole rings is 1. The zero-order valence-corrected chi connectivity index (χ0v) is 9.97. The quantitative estimate of drug-likeness (QED) is 0.846. The van der Waals surface area contributed by atoms with E-state index in [4.69, 9.17) is 10.5 Å². The number of nitrogens with zero attached hydrogens (tertiary/aromatic N) is 4. The summed E-state index contributed by atoms with van der Waals surface area (Å²) in [6.45, 7) is 2.18. The summed E-state index contributed by atoms with van der Waals surface area (Å²) in [5.74, 6) is 0.962. The molecule has 0 unspecified atom stereocenters. The van der Waals surface area contributed by atoms with Gasteiger partial charge in [-0.1, -0.05) is 0 Å². The van der Waals surface area contributed by atoms with Crippen molar-refractivity contribution >= 4 is 17.1 Å². The first-order valence-electron chi connectivity index (χ1n) is 5.69. The van der Waals surface area contributed by atoms with E-state index in [9.17, 15) is 0 Å². The van der Waals surface area contributed by atoms with Crippen LogP contribution in [-0.2, 0) is 5.54 Å². The van der Waals surface area contributed by atoms with Gasteiger partial charge in [0.1, 0.15) is 6.33 Å². The van der Waals surface area contributed by atoms with Gasteiger partial charge in [-0.05, 0) is 26.2 Å². The molecule has 0 aromatic carbocycles. The zero-order valence-electron chi connectivity index (χ0n) is 9.97. The van der Waals surface area contributed by atoms with Crippen molar-refractivity contribution in [3.05, 3.63) is 6.33 Å². The highest BCUT2D eigenvalue weighted by atomic mass is 16.5. The Morgan fingerprint density at radius 1 is 1.41 bits per heavy atom. The van der Waals surface area contributed by atoms with Crippen LogP contribution in [-0.4, -0.2) is 26.6 Å². The fourth-order valence-corrected chi connectivity index (χ4v) is 2.48. The number of nitrogens with two attached hydrogens (primary N) is 1. The van der Waals surface area contributed by atoms with Crippen LogP contribution in [0.25, 0.3) is 11.2 Å². The topological polar surface area (TPSA) is 78.8 Å². The SMILES string of the molecule is COc1ncnc2c1nc(N)n2C1(C)CCC1. The largest absolute Gasteiger partial charge is 0.479 e. The fourth-order valence-electron chi connectivity index (χ4n) is 2.48. The lowest BCUT2D eigenvalue weighted by Gasteiger charge is -2.40. The first-order chi connectivity index (χ1) is 8.15. The lowest BCUT2D eigenvalue weighted by molar-refractivity contribution is 0.177. The highest BCUT2D eigenvalue weighted by Gasteiger charge is 2.37. The van der Waals surface area contributed by atoms with Crippen molar-refractivity contribution in [2.75, 3.05) is 12.8 Å². The number of aromatic nitrogens is 4. The summed E-state index contributed by atoms with van der Waals surface area (Å²) in [5, 5.41) is 0. The van der Waals surface area contributed by atoms with Crippen molar-refractivity contribution in [1.82, 2.24) is 19.5 Å². The first-order valence-corrected chi connectivity index (χ1v) is 5.69. The lowest BCUT2D eigenvalue weighted by atomic mass is 9.78. The van der Waals surface area contributed by atoms with Gasteiger partial charge in [0.2, 0.25) is 11.8 Å². The summed E-state index contributed by atoms with van der Waals surface area (Å²) in [4.78, 5) is 12.7. The van der Waals surface area contributed by atoms with E-state index >= 15 is 0 Å². The second-order valence-corrected chi connectivity index (χ2v) is 4.71. The maximum absolute atomic E-state index is 6.00. The average molecular weight is 233 g/mol. The molecular formula is C11H15N5O. The molecule has 1 saturated carbocycles. The number of methoxy groups -OCH3 is 1. The molecule has 2 heterocycles. The molecule has 17 heavy (non-hydrogen) atoms. The van der Waals surface area contributed by atoms with Crippen LogP contribution in [0.1, 0.15) is 26.2 Å². The highest BCUT2D eigenvalue weighted by molar-refractivity contribution is 5.79. The van der Waals surface area contributed by atoms with E-state index in [0.717, 1.165) is 18.5 Å². The van der Waals surface area contributed by atoms with Crippen LogP contribution in [0.3, 0.4) is 0 Å². The van der Waals surface area contributed by atoms with Gasteiger partial charge in [0.25, 0.3) is 0 Å². The van der Waals surface area contributed by atoms with Gasteiger partial charge in [-0.3, -0.25) is 4.57 Å². The smallest absolute Gasteiger partial charge is 0.245 e. The third-order valence-electron chi connectivity index (χ3n) is 3.60. The molecule has 2 aromatic rings. The Kier molecular flexibility index (Phi) is 2.01. The number of rotatable bonds is 2.